The molecular weight excluding hydrogens is 324 g/mol. The second-order valence-electron chi connectivity index (χ2n) is 4.95. The molecule has 1 rings (SSSR count). The Bertz CT molecular complexity index is 636. The lowest BCUT2D eigenvalue weighted by atomic mass is 10.1. The minimum absolute atomic E-state index is 0.149. The molecule has 0 aliphatic heterocycles. The number of ketones is 1. The van der Waals surface area contributed by atoms with Gasteiger partial charge in [-0.05, 0) is 20.3 Å². The minimum Gasteiger partial charge on any atom is -0.318 e. The van der Waals surface area contributed by atoms with Crippen molar-refractivity contribution in [2.75, 3.05) is 0 Å². The number of rotatable bonds is 6. The molecule has 0 amide bonds. The molecule has 7 nitrogen and oxygen atoms in total. The highest BCUT2D eigenvalue weighted by Gasteiger charge is 2.09. The molecule has 136 valence electrons. The van der Waals surface area contributed by atoms with Gasteiger partial charge in [0.2, 0.25) is 5.78 Å². The monoisotopic (exact) mass is 348 g/mol. The maximum atomic E-state index is 11.6. The second kappa shape index (κ2) is 12.6. The van der Waals surface area contributed by atoms with Crippen LogP contribution in [0.4, 0.5) is 0 Å². The molecule has 0 saturated carbocycles. The average Bonchev–Trinajstić information content (AvgIpc) is 2.64. The van der Waals surface area contributed by atoms with Crippen LogP contribution in [0.2, 0.25) is 0 Å². The molecule has 0 spiro atoms. The summed E-state index contributed by atoms with van der Waals surface area (Å²) in [5.74, 6) is -1.08. The average molecular weight is 348 g/mol. The van der Waals surface area contributed by atoms with Crippen LogP contribution in [-0.4, -0.2) is 29.1 Å². The van der Waals surface area contributed by atoms with Crippen molar-refractivity contribution >= 4 is 29.1 Å². The Labute approximate surface area is 147 Å². The third kappa shape index (κ3) is 10.5. The first-order valence-corrected chi connectivity index (χ1v) is 7.86. The predicted octanol–water partition coefficient (Wildman–Crippen LogP) is 3.53. The van der Waals surface area contributed by atoms with Gasteiger partial charge in [-0.3, -0.25) is 4.79 Å². The summed E-state index contributed by atoms with van der Waals surface area (Å²) in [4.78, 5) is 41.5. The summed E-state index contributed by atoms with van der Waals surface area (Å²) in [6.07, 6.45) is 1.19. The van der Waals surface area contributed by atoms with E-state index in [0.29, 0.717) is 12.0 Å². The summed E-state index contributed by atoms with van der Waals surface area (Å²) >= 11 is 0. The SMILES string of the molecule is CC(=O)ON=C(C)C(=O)c1ccccc1.CCC(=O)ON=C(C)CC. The zero-order valence-electron chi connectivity index (χ0n) is 15.2. The van der Waals surface area contributed by atoms with Gasteiger partial charge in [-0.2, -0.15) is 0 Å². The van der Waals surface area contributed by atoms with E-state index in [9.17, 15) is 14.4 Å². The number of carbonyl (C=O) groups excluding carboxylic acids is 3. The van der Waals surface area contributed by atoms with Gasteiger partial charge >= 0.3 is 11.9 Å². The maximum Gasteiger partial charge on any atom is 0.334 e. The molecule has 0 radical (unpaired) electrons. The highest BCUT2D eigenvalue weighted by molar-refractivity contribution is 6.45. The molecule has 1 aromatic rings. The first-order valence-electron chi connectivity index (χ1n) is 7.86. The molecule has 0 N–H and O–H groups in total. The van der Waals surface area contributed by atoms with Crippen molar-refractivity contribution in [3.8, 4) is 0 Å². The van der Waals surface area contributed by atoms with E-state index in [4.69, 9.17) is 0 Å². The first kappa shape index (κ1) is 22.2. The Kier molecular flexibility index (Phi) is 11.2. The summed E-state index contributed by atoms with van der Waals surface area (Å²) in [6.45, 7) is 8.24. The van der Waals surface area contributed by atoms with E-state index in [1.807, 2.05) is 19.9 Å². The molecule has 0 atom stereocenters. The Morgan fingerprint density at radius 1 is 0.880 bits per heavy atom. The van der Waals surface area contributed by atoms with E-state index in [0.717, 1.165) is 12.1 Å². The zero-order valence-corrected chi connectivity index (χ0v) is 15.2. The zero-order chi connectivity index (χ0) is 19.2. The van der Waals surface area contributed by atoms with Gasteiger partial charge in [-0.25, -0.2) is 9.59 Å². The number of hydrogen-bond donors (Lipinski definition) is 0. The van der Waals surface area contributed by atoms with Crippen LogP contribution in [0.5, 0.6) is 0 Å². The quantitative estimate of drug-likeness (QED) is 0.339. The van der Waals surface area contributed by atoms with E-state index in [-0.39, 0.29) is 17.5 Å². The first-order chi connectivity index (χ1) is 11.8. The van der Waals surface area contributed by atoms with Crippen molar-refractivity contribution in [1.82, 2.24) is 0 Å². The van der Waals surface area contributed by atoms with Crippen LogP contribution in [0.25, 0.3) is 0 Å². The third-order valence-electron chi connectivity index (χ3n) is 2.78. The fourth-order valence-electron chi connectivity index (χ4n) is 1.23. The van der Waals surface area contributed by atoms with Crippen LogP contribution in [0.3, 0.4) is 0 Å². The van der Waals surface area contributed by atoms with Crippen molar-refractivity contribution in [2.45, 2.75) is 47.5 Å². The lowest BCUT2D eigenvalue weighted by Gasteiger charge is -1.98. The van der Waals surface area contributed by atoms with E-state index in [1.54, 1.807) is 31.2 Å². The van der Waals surface area contributed by atoms with Gasteiger partial charge in [-0.15, -0.1) is 0 Å². The molecule has 0 fully saturated rings. The Hall–Kier alpha value is -2.83. The minimum atomic E-state index is -0.546. The number of nitrogens with zero attached hydrogens (tertiary/aromatic N) is 2. The van der Waals surface area contributed by atoms with Crippen LogP contribution in [0, 0.1) is 0 Å². The van der Waals surface area contributed by atoms with Crippen LogP contribution in [0.15, 0.2) is 40.6 Å². The van der Waals surface area contributed by atoms with E-state index in [1.165, 1.54) is 13.8 Å². The summed E-state index contributed by atoms with van der Waals surface area (Å²) in [5, 5.41) is 7.00. The van der Waals surface area contributed by atoms with Crippen LogP contribution < -0.4 is 0 Å². The van der Waals surface area contributed by atoms with Gasteiger partial charge in [0.15, 0.2) is 0 Å². The topological polar surface area (TPSA) is 94.4 Å². The smallest absolute Gasteiger partial charge is 0.318 e. The third-order valence-corrected chi connectivity index (χ3v) is 2.78. The summed E-state index contributed by atoms with van der Waals surface area (Å²) in [5.41, 5.74) is 1.50. The number of hydrogen-bond acceptors (Lipinski definition) is 7. The van der Waals surface area contributed by atoms with E-state index in [2.05, 4.69) is 20.0 Å². The molecule has 0 aliphatic rings. The fraction of sp³-hybridized carbons (Fsp3) is 0.389. The number of Topliss-reactive ketones (excluding diaryl/α,β-unsaturated/α-hetero) is 1. The van der Waals surface area contributed by atoms with Gasteiger partial charge in [0.25, 0.3) is 0 Å². The molecule has 0 aliphatic carbocycles. The summed E-state index contributed by atoms with van der Waals surface area (Å²) in [6, 6.07) is 8.68. The number of benzene rings is 1. The fourth-order valence-corrected chi connectivity index (χ4v) is 1.23. The molecule has 0 bridgehead atoms. The van der Waals surface area contributed by atoms with E-state index < -0.39 is 5.97 Å². The maximum absolute atomic E-state index is 11.6. The molecule has 7 heteroatoms. The van der Waals surface area contributed by atoms with Crippen molar-refractivity contribution in [3.63, 3.8) is 0 Å². The van der Waals surface area contributed by atoms with Gasteiger partial charge in [0.1, 0.15) is 5.71 Å². The highest BCUT2D eigenvalue weighted by atomic mass is 16.7. The van der Waals surface area contributed by atoms with Gasteiger partial charge in [0.05, 0.1) is 5.71 Å². The Balaban J connectivity index is 0.000000504. The van der Waals surface area contributed by atoms with Crippen molar-refractivity contribution in [3.05, 3.63) is 35.9 Å². The molecule has 1 aromatic carbocycles. The van der Waals surface area contributed by atoms with Crippen molar-refractivity contribution in [2.24, 2.45) is 10.3 Å². The molecule has 25 heavy (non-hydrogen) atoms. The van der Waals surface area contributed by atoms with Crippen LogP contribution in [-0.2, 0) is 19.3 Å². The number of carbonyl (C=O) groups is 3. The lowest BCUT2D eigenvalue weighted by Crippen LogP contribution is -2.11. The Morgan fingerprint density at radius 3 is 1.96 bits per heavy atom. The second-order valence-corrected chi connectivity index (χ2v) is 4.95. The van der Waals surface area contributed by atoms with Crippen LogP contribution in [0.1, 0.15) is 57.8 Å². The van der Waals surface area contributed by atoms with Gasteiger partial charge in [-0.1, -0.05) is 54.5 Å². The Morgan fingerprint density at radius 2 is 1.48 bits per heavy atom. The van der Waals surface area contributed by atoms with Crippen molar-refractivity contribution < 1.29 is 24.1 Å². The van der Waals surface area contributed by atoms with Gasteiger partial charge in [0, 0.05) is 18.9 Å². The van der Waals surface area contributed by atoms with E-state index >= 15 is 0 Å². The van der Waals surface area contributed by atoms with Gasteiger partial charge < -0.3 is 9.68 Å². The number of oxime groups is 2. The molecular formula is C18H24N2O5. The molecule has 0 unspecified atom stereocenters. The van der Waals surface area contributed by atoms with Crippen LogP contribution >= 0.6 is 0 Å². The normalized spacial score (nSPS) is 11.1. The summed E-state index contributed by atoms with van der Waals surface area (Å²) in [7, 11) is 0. The van der Waals surface area contributed by atoms with Crippen molar-refractivity contribution in [1.29, 1.82) is 0 Å². The predicted molar refractivity (Wildman–Crippen MR) is 95.4 cm³/mol. The lowest BCUT2D eigenvalue weighted by molar-refractivity contribution is -0.143. The standard InChI is InChI=1S/C11H11NO3.C7H13NO2/c1-8(12-15-9(2)13)11(14)10-6-4-3-5-7-10;1-4-6(3)8-10-7(9)5-2/h3-7H,1-2H3;4-5H2,1-3H3. The molecule has 0 aromatic heterocycles. The summed E-state index contributed by atoms with van der Waals surface area (Å²) < 4.78 is 0. The molecule has 0 heterocycles. The highest BCUT2D eigenvalue weighted by Crippen LogP contribution is 2.01. The largest absolute Gasteiger partial charge is 0.334 e. The molecule has 0 saturated heterocycles.